The molecule has 35 heavy (non-hydrogen) atoms. The molecule has 0 radical (unpaired) electrons. The Kier molecular flexibility index (Phi) is 6.44. The number of nitrogens with one attached hydrogen (secondary N) is 2. The number of halogens is 3. The van der Waals surface area contributed by atoms with E-state index in [9.17, 15) is 13.2 Å². The molecule has 0 aliphatic carbocycles. The highest BCUT2D eigenvalue weighted by molar-refractivity contribution is 7.13. The van der Waals surface area contributed by atoms with Gasteiger partial charge in [-0.2, -0.15) is 13.2 Å². The van der Waals surface area contributed by atoms with Gasteiger partial charge in [-0.05, 0) is 44.1 Å². The first kappa shape index (κ1) is 23.3. The number of rotatable bonds is 6. The standard InChI is InChI=1S/C24H22F3N5O2S/c1-33-18-10-15(24(25,26)27)9-16(11-18)31-23-30-13-14-8-19(22-29-6-7-35-22)21(12-20(14)32-23)34-17-2-4-28-5-3-17/h6-13,17,28H,2-5H2,1H3,(H,30,31,32). The Morgan fingerprint density at radius 3 is 2.63 bits per heavy atom. The molecule has 0 amide bonds. The average molecular weight is 502 g/mol. The lowest BCUT2D eigenvalue weighted by Gasteiger charge is -2.25. The van der Waals surface area contributed by atoms with Gasteiger partial charge in [0.05, 0.1) is 23.8 Å². The van der Waals surface area contributed by atoms with E-state index in [1.165, 1.54) is 24.5 Å². The molecule has 1 aliphatic rings. The summed E-state index contributed by atoms with van der Waals surface area (Å²) in [7, 11) is 1.32. The normalized spacial score (nSPS) is 14.7. The van der Waals surface area contributed by atoms with Crippen LogP contribution in [0.15, 0.2) is 48.1 Å². The number of anilines is 2. The van der Waals surface area contributed by atoms with Gasteiger partial charge >= 0.3 is 6.18 Å². The van der Waals surface area contributed by atoms with Gasteiger partial charge in [-0.3, -0.25) is 0 Å². The predicted octanol–water partition coefficient (Wildman–Crippen LogP) is 5.66. The lowest BCUT2D eigenvalue weighted by Crippen LogP contribution is -2.34. The van der Waals surface area contributed by atoms with Gasteiger partial charge in [-0.15, -0.1) is 11.3 Å². The number of methoxy groups -OCH3 is 1. The van der Waals surface area contributed by atoms with Gasteiger partial charge in [0.15, 0.2) is 0 Å². The minimum absolute atomic E-state index is 0.0735. The van der Waals surface area contributed by atoms with E-state index < -0.39 is 11.7 Å². The number of aromatic nitrogens is 3. The summed E-state index contributed by atoms with van der Waals surface area (Å²) >= 11 is 1.51. The average Bonchev–Trinajstić information content (AvgIpc) is 3.38. The largest absolute Gasteiger partial charge is 0.497 e. The number of piperidine rings is 1. The zero-order chi connectivity index (χ0) is 24.4. The van der Waals surface area contributed by atoms with Crippen LogP contribution in [0.4, 0.5) is 24.8 Å². The highest BCUT2D eigenvalue weighted by atomic mass is 32.1. The molecule has 1 aliphatic heterocycles. The Morgan fingerprint density at radius 2 is 1.91 bits per heavy atom. The first-order valence-corrected chi connectivity index (χ1v) is 11.9. The lowest BCUT2D eigenvalue weighted by molar-refractivity contribution is -0.137. The number of benzene rings is 2. The predicted molar refractivity (Wildman–Crippen MR) is 128 cm³/mol. The van der Waals surface area contributed by atoms with E-state index in [0.717, 1.165) is 54.0 Å². The third-order valence-corrected chi connectivity index (χ3v) is 6.46. The van der Waals surface area contributed by atoms with E-state index in [1.54, 1.807) is 12.4 Å². The first-order valence-electron chi connectivity index (χ1n) is 11.0. The van der Waals surface area contributed by atoms with Crippen LogP contribution in [0, 0.1) is 0 Å². The number of hydrogen-bond acceptors (Lipinski definition) is 8. The monoisotopic (exact) mass is 501 g/mol. The Balaban J connectivity index is 1.50. The SMILES string of the molecule is COc1cc(Nc2ncc3cc(-c4nccs4)c(OC4CCNCC4)cc3n2)cc(C(F)(F)F)c1. The molecule has 0 bridgehead atoms. The van der Waals surface area contributed by atoms with Crippen molar-refractivity contribution in [1.82, 2.24) is 20.3 Å². The van der Waals surface area contributed by atoms with Crippen molar-refractivity contribution in [3.8, 4) is 22.1 Å². The molecule has 0 unspecified atom stereocenters. The van der Waals surface area contributed by atoms with Crippen LogP contribution in [0.2, 0.25) is 0 Å². The molecule has 4 aromatic rings. The summed E-state index contributed by atoms with van der Waals surface area (Å²) in [6.07, 6.45) is 0.714. The van der Waals surface area contributed by atoms with Crippen LogP contribution in [0.1, 0.15) is 18.4 Å². The number of hydrogen-bond donors (Lipinski definition) is 2. The summed E-state index contributed by atoms with van der Waals surface area (Å²) in [4.78, 5) is 13.3. The molecule has 1 saturated heterocycles. The quantitative estimate of drug-likeness (QED) is 0.353. The fraction of sp³-hybridized carbons (Fsp3) is 0.292. The molecule has 2 aromatic heterocycles. The minimum atomic E-state index is -4.51. The zero-order valence-electron chi connectivity index (χ0n) is 18.7. The summed E-state index contributed by atoms with van der Waals surface area (Å²) in [5, 5.41) is 9.69. The third kappa shape index (κ3) is 5.30. The molecule has 2 N–H and O–H groups in total. The topological polar surface area (TPSA) is 81.2 Å². The molecule has 7 nitrogen and oxygen atoms in total. The second kappa shape index (κ2) is 9.67. The number of nitrogens with zero attached hydrogens (tertiary/aromatic N) is 3. The van der Waals surface area contributed by atoms with Crippen LogP contribution < -0.4 is 20.1 Å². The molecule has 0 saturated carbocycles. The Labute approximate surface area is 203 Å². The van der Waals surface area contributed by atoms with Gasteiger partial charge in [-0.25, -0.2) is 15.0 Å². The van der Waals surface area contributed by atoms with Gasteiger partial charge < -0.3 is 20.1 Å². The molecular formula is C24H22F3N5O2S. The second-order valence-corrected chi connectivity index (χ2v) is 8.97. The fourth-order valence-electron chi connectivity index (χ4n) is 3.92. The van der Waals surface area contributed by atoms with Crippen LogP contribution in [-0.2, 0) is 6.18 Å². The summed E-state index contributed by atoms with van der Waals surface area (Å²) < 4.78 is 51.3. The van der Waals surface area contributed by atoms with Crippen molar-refractivity contribution in [2.24, 2.45) is 0 Å². The first-order chi connectivity index (χ1) is 16.9. The van der Waals surface area contributed by atoms with Crippen LogP contribution >= 0.6 is 11.3 Å². The number of fused-ring (bicyclic) bond motifs is 1. The maximum Gasteiger partial charge on any atom is 0.416 e. The second-order valence-electron chi connectivity index (χ2n) is 8.08. The highest BCUT2D eigenvalue weighted by Crippen LogP contribution is 2.37. The summed E-state index contributed by atoms with van der Waals surface area (Å²) in [5.41, 5.74) is 0.802. The molecular weight excluding hydrogens is 479 g/mol. The number of thiazole rings is 1. The number of ether oxygens (including phenoxy) is 2. The highest BCUT2D eigenvalue weighted by Gasteiger charge is 2.31. The van der Waals surface area contributed by atoms with Gasteiger partial charge in [0, 0.05) is 41.0 Å². The summed E-state index contributed by atoms with van der Waals surface area (Å²) in [6, 6.07) is 7.17. The van der Waals surface area contributed by atoms with Crippen molar-refractivity contribution >= 4 is 33.9 Å². The third-order valence-electron chi connectivity index (χ3n) is 5.65. The van der Waals surface area contributed by atoms with E-state index in [0.29, 0.717) is 11.3 Å². The molecule has 5 rings (SSSR count). The lowest BCUT2D eigenvalue weighted by atomic mass is 10.1. The van der Waals surface area contributed by atoms with Crippen molar-refractivity contribution in [3.05, 3.63) is 53.7 Å². The fourth-order valence-corrected chi connectivity index (χ4v) is 4.57. The molecule has 1 fully saturated rings. The van der Waals surface area contributed by atoms with E-state index in [-0.39, 0.29) is 23.5 Å². The number of alkyl halides is 3. The minimum Gasteiger partial charge on any atom is -0.497 e. The Bertz CT molecular complexity index is 1320. The van der Waals surface area contributed by atoms with E-state index in [2.05, 4.69) is 25.6 Å². The van der Waals surface area contributed by atoms with Crippen molar-refractivity contribution in [1.29, 1.82) is 0 Å². The van der Waals surface area contributed by atoms with Crippen LogP contribution in [0.3, 0.4) is 0 Å². The van der Waals surface area contributed by atoms with E-state index >= 15 is 0 Å². The van der Waals surface area contributed by atoms with Gasteiger partial charge in [-0.1, -0.05) is 0 Å². The smallest absolute Gasteiger partial charge is 0.416 e. The van der Waals surface area contributed by atoms with Crippen molar-refractivity contribution in [2.45, 2.75) is 25.1 Å². The zero-order valence-corrected chi connectivity index (χ0v) is 19.5. The Hall–Kier alpha value is -3.44. The molecule has 11 heteroatoms. The van der Waals surface area contributed by atoms with Gasteiger partial charge in [0.25, 0.3) is 0 Å². The van der Waals surface area contributed by atoms with Crippen LogP contribution in [0.5, 0.6) is 11.5 Å². The molecule has 2 aromatic carbocycles. The molecule has 182 valence electrons. The maximum absolute atomic E-state index is 13.3. The Morgan fingerprint density at radius 1 is 1.09 bits per heavy atom. The molecule has 3 heterocycles. The van der Waals surface area contributed by atoms with E-state index in [4.69, 9.17) is 9.47 Å². The van der Waals surface area contributed by atoms with Crippen molar-refractivity contribution in [2.75, 3.05) is 25.5 Å². The van der Waals surface area contributed by atoms with Gasteiger partial charge in [0.2, 0.25) is 5.95 Å². The van der Waals surface area contributed by atoms with Crippen LogP contribution in [0.25, 0.3) is 21.5 Å². The summed E-state index contributed by atoms with van der Waals surface area (Å²) in [6.45, 7) is 1.78. The molecule has 0 atom stereocenters. The van der Waals surface area contributed by atoms with Crippen molar-refractivity contribution < 1.29 is 22.6 Å². The maximum atomic E-state index is 13.3. The van der Waals surface area contributed by atoms with Crippen LogP contribution in [-0.4, -0.2) is 41.3 Å². The van der Waals surface area contributed by atoms with Gasteiger partial charge in [0.1, 0.15) is 22.6 Å². The van der Waals surface area contributed by atoms with Crippen molar-refractivity contribution in [3.63, 3.8) is 0 Å². The van der Waals surface area contributed by atoms with E-state index in [1.807, 2.05) is 17.5 Å². The summed E-state index contributed by atoms with van der Waals surface area (Å²) in [5.74, 6) is 0.910. The molecule has 0 spiro atoms.